The van der Waals surface area contributed by atoms with Gasteiger partial charge in [0.2, 0.25) is 0 Å². The standard InChI is InChI=1S/C14H17N3O3/c1-4-10-7-13(17-16-10)15-14(18)9-5-11(19-2)8-12(6-9)20-3/h5-8H,4H2,1-3H3,(H2,15,16,17,18). The number of nitrogens with zero attached hydrogens (tertiary/aromatic N) is 1. The third kappa shape index (κ3) is 3.09. The van der Waals surface area contributed by atoms with E-state index < -0.39 is 0 Å². The number of aryl methyl sites for hydroxylation is 1. The number of H-pyrrole nitrogens is 1. The summed E-state index contributed by atoms with van der Waals surface area (Å²) in [5.74, 6) is 1.35. The predicted octanol–water partition coefficient (Wildman–Crippen LogP) is 2.24. The normalized spacial score (nSPS) is 10.2. The molecule has 1 aromatic heterocycles. The number of benzene rings is 1. The van der Waals surface area contributed by atoms with Gasteiger partial charge in [-0.15, -0.1) is 0 Å². The molecule has 0 aliphatic heterocycles. The summed E-state index contributed by atoms with van der Waals surface area (Å²) in [6.45, 7) is 2.01. The third-order valence-electron chi connectivity index (χ3n) is 2.87. The van der Waals surface area contributed by atoms with E-state index in [1.54, 1.807) is 24.3 Å². The molecule has 0 atom stereocenters. The van der Waals surface area contributed by atoms with Crippen molar-refractivity contribution in [2.75, 3.05) is 19.5 Å². The van der Waals surface area contributed by atoms with Crippen LogP contribution >= 0.6 is 0 Å². The molecule has 0 radical (unpaired) electrons. The molecule has 0 unspecified atom stereocenters. The maximum Gasteiger partial charge on any atom is 0.257 e. The summed E-state index contributed by atoms with van der Waals surface area (Å²) in [6, 6.07) is 6.80. The number of rotatable bonds is 5. The predicted molar refractivity (Wildman–Crippen MR) is 75.5 cm³/mol. The fourth-order valence-corrected chi connectivity index (χ4v) is 1.73. The Morgan fingerprint density at radius 2 is 1.85 bits per heavy atom. The third-order valence-corrected chi connectivity index (χ3v) is 2.87. The van der Waals surface area contributed by atoms with E-state index in [2.05, 4.69) is 15.5 Å². The first-order chi connectivity index (χ1) is 9.66. The van der Waals surface area contributed by atoms with Crippen LogP contribution in [0.15, 0.2) is 24.3 Å². The molecule has 2 aromatic rings. The van der Waals surface area contributed by atoms with Gasteiger partial charge in [-0.25, -0.2) is 0 Å². The van der Waals surface area contributed by atoms with Gasteiger partial charge in [0.25, 0.3) is 5.91 Å². The lowest BCUT2D eigenvalue weighted by atomic mass is 10.2. The van der Waals surface area contributed by atoms with E-state index >= 15 is 0 Å². The fraction of sp³-hybridized carbons (Fsp3) is 0.286. The van der Waals surface area contributed by atoms with Crippen LogP contribution in [0.5, 0.6) is 11.5 Å². The van der Waals surface area contributed by atoms with Crippen LogP contribution in [-0.2, 0) is 6.42 Å². The average Bonchev–Trinajstić information content (AvgIpc) is 2.94. The van der Waals surface area contributed by atoms with Crippen LogP contribution in [0.1, 0.15) is 23.0 Å². The number of nitrogens with one attached hydrogen (secondary N) is 2. The number of hydrogen-bond donors (Lipinski definition) is 2. The largest absolute Gasteiger partial charge is 0.497 e. The van der Waals surface area contributed by atoms with Crippen LogP contribution in [0.2, 0.25) is 0 Å². The monoisotopic (exact) mass is 275 g/mol. The maximum absolute atomic E-state index is 12.2. The molecule has 6 heteroatoms. The Morgan fingerprint density at radius 1 is 1.20 bits per heavy atom. The molecule has 0 bridgehead atoms. The van der Waals surface area contributed by atoms with Crippen molar-refractivity contribution in [2.24, 2.45) is 0 Å². The van der Waals surface area contributed by atoms with E-state index in [4.69, 9.17) is 9.47 Å². The summed E-state index contributed by atoms with van der Waals surface area (Å²) in [6.07, 6.45) is 0.829. The van der Waals surface area contributed by atoms with Gasteiger partial charge in [-0.3, -0.25) is 9.89 Å². The van der Waals surface area contributed by atoms with E-state index in [1.165, 1.54) is 14.2 Å². The molecule has 2 rings (SSSR count). The molecular formula is C14H17N3O3. The molecule has 6 nitrogen and oxygen atoms in total. The van der Waals surface area contributed by atoms with E-state index in [0.717, 1.165) is 12.1 Å². The van der Waals surface area contributed by atoms with Crippen molar-refractivity contribution < 1.29 is 14.3 Å². The molecule has 2 N–H and O–H groups in total. The number of anilines is 1. The molecular weight excluding hydrogens is 258 g/mol. The number of amides is 1. The first-order valence-electron chi connectivity index (χ1n) is 6.25. The Hall–Kier alpha value is -2.50. The molecule has 0 fully saturated rings. The van der Waals surface area contributed by atoms with Crippen molar-refractivity contribution in [3.05, 3.63) is 35.5 Å². The van der Waals surface area contributed by atoms with Crippen LogP contribution in [-0.4, -0.2) is 30.3 Å². The highest BCUT2D eigenvalue weighted by molar-refractivity contribution is 6.04. The second-order valence-electron chi connectivity index (χ2n) is 4.19. The zero-order chi connectivity index (χ0) is 14.5. The molecule has 1 aromatic carbocycles. The molecule has 0 saturated heterocycles. The lowest BCUT2D eigenvalue weighted by Crippen LogP contribution is -2.12. The fourth-order valence-electron chi connectivity index (χ4n) is 1.73. The van der Waals surface area contributed by atoms with Gasteiger partial charge in [-0.2, -0.15) is 5.10 Å². The lowest BCUT2D eigenvalue weighted by Gasteiger charge is -2.08. The second kappa shape index (κ2) is 6.10. The van der Waals surface area contributed by atoms with Gasteiger partial charge in [0.15, 0.2) is 5.82 Å². The SMILES string of the molecule is CCc1cc(NC(=O)c2cc(OC)cc(OC)c2)n[nH]1. The minimum atomic E-state index is -0.267. The van der Waals surface area contributed by atoms with Gasteiger partial charge in [-0.05, 0) is 18.6 Å². The topological polar surface area (TPSA) is 76.2 Å². The Balaban J connectivity index is 2.19. The number of methoxy groups -OCH3 is 2. The van der Waals surface area contributed by atoms with Crippen LogP contribution in [0, 0.1) is 0 Å². The summed E-state index contributed by atoms with van der Waals surface area (Å²) < 4.78 is 10.3. The highest BCUT2D eigenvalue weighted by Gasteiger charge is 2.11. The quantitative estimate of drug-likeness (QED) is 0.877. The number of ether oxygens (including phenoxy) is 2. The Labute approximate surface area is 117 Å². The maximum atomic E-state index is 12.2. The molecule has 1 heterocycles. The highest BCUT2D eigenvalue weighted by Crippen LogP contribution is 2.23. The second-order valence-corrected chi connectivity index (χ2v) is 4.19. The first kappa shape index (κ1) is 13.9. The van der Waals surface area contributed by atoms with Gasteiger partial charge >= 0.3 is 0 Å². The Bertz CT molecular complexity index is 585. The van der Waals surface area contributed by atoms with E-state index in [1.807, 2.05) is 6.92 Å². The van der Waals surface area contributed by atoms with E-state index in [0.29, 0.717) is 22.9 Å². The minimum absolute atomic E-state index is 0.267. The van der Waals surface area contributed by atoms with Crippen molar-refractivity contribution in [1.82, 2.24) is 10.2 Å². The van der Waals surface area contributed by atoms with E-state index in [9.17, 15) is 4.79 Å². The molecule has 0 aliphatic rings. The summed E-state index contributed by atoms with van der Waals surface area (Å²) in [5, 5.41) is 9.58. The van der Waals surface area contributed by atoms with Gasteiger partial charge < -0.3 is 14.8 Å². The highest BCUT2D eigenvalue weighted by atomic mass is 16.5. The number of carbonyl (C=O) groups is 1. The average molecular weight is 275 g/mol. The molecule has 20 heavy (non-hydrogen) atoms. The van der Waals surface area contributed by atoms with Gasteiger partial charge in [-0.1, -0.05) is 6.92 Å². The Kier molecular flexibility index (Phi) is 4.24. The van der Waals surface area contributed by atoms with Gasteiger partial charge in [0.05, 0.1) is 14.2 Å². The number of aromatic nitrogens is 2. The lowest BCUT2D eigenvalue weighted by molar-refractivity contribution is 0.102. The van der Waals surface area contributed by atoms with Crippen LogP contribution in [0.3, 0.4) is 0 Å². The number of hydrogen-bond acceptors (Lipinski definition) is 4. The minimum Gasteiger partial charge on any atom is -0.497 e. The van der Waals surface area contributed by atoms with E-state index in [-0.39, 0.29) is 5.91 Å². The Morgan fingerprint density at radius 3 is 2.35 bits per heavy atom. The molecule has 106 valence electrons. The zero-order valence-electron chi connectivity index (χ0n) is 11.7. The summed E-state index contributed by atoms with van der Waals surface area (Å²) in [5.41, 5.74) is 1.41. The molecule has 1 amide bonds. The van der Waals surface area contributed by atoms with Gasteiger partial charge in [0, 0.05) is 23.4 Å². The van der Waals surface area contributed by atoms with Crippen LogP contribution in [0.25, 0.3) is 0 Å². The van der Waals surface area contributed by atoms with Gasteiger partial charge in [0.1, 0.15) is 11.5 Å². The smallest absolute Gasteiger partial charge is 0.257 e. The van der Waals surface area contributed by atoms with Crippen molar-refractivity contribution in [3.8, 4) is 11.5 Å². The van der Waals surface area contributed by atoms with Crippen molar-refractivity contribution in [1.29, 1.82) is 0 Å². The molecule has 0 saturated carbocycles. The zero-order valence-corrected chi connectivity index (χ0v) is 11.7. The summed E-state index contributed by atoms with van der Waals surface area (Å²) in [4.78, 5) is 12.2. The summed E-state index contributed by atoms with van der Waals surface area (Å²) >= 11 is 0. The van der Waals surface area contributed by atoms with Crippen LogP contribution < -0.4 is 14.8 Å². The molecule has 0 spiro atoms. The van der Waals surface area contributed by atoms with Crippen molar-refractivity contribution in [2.45, 2.75) is 13.3 Å². The van der Waals surface area contributed by atoms with Crippen molar-refractivity contribution in [3.63, 3.8) is 0 Å². The first-order valence-corrected chi connectivity index (χ1v) is 6.25. The number of aromatic amines is 1. The van der Waals surface area contributed by atoms with Crippen molar-refractivity contribution >= 4 is 11.7 Å². The number of carbonyl (C=O) groups excluding carboxylic acids is 1. The molecule has 0 aliphatic carbocycles. The summed E-state index contributed by atoms with van der Waals surface area (Å²) in [7, 11) is 3.08. The van der Waals surface area contributed by atoms with Crippen LogP contribution in [0.4, 0.5) is 5.82 Å².